The van der Waals surface area contributed by atoms with Crippen LogP contribution in [0.1, 0.15) is 25.3 Å². The van der Waals surface area contributed by atoms with Crippen molar-refractivity contribution >= 4 is 17.7 Å². The van der Waals surface area contributed by atoms with Gasteiger partial charge in [-0.15, -0.1) is 0 Å². The highest BCUT2D eigenvalue weighted by Crippen LogP contribution is 2.47. The normalized spacial score (nSPS) is 21.5. The number of carbonyl (C=O) groups excluding carboxylic acids is 2. The van der Waals surface area contributed by atoms with E-state index in [9.17, 15) is 20.1 Å². The molecule has 2 aliphatic rings. The van der Waals surface area contributed by atoms with Gasteiger partial charge < -0.3 is 4.74 Å². The predicted octanol–water partition coefficient (Wildman–Crippen LogP) is 1.80. The van der Waals surface area contributed by atoms with Gasteiger partial charge in [0.05, 0.1) is 24.6 Å². The summed E-state index contributed by atoms with van der Waals surface area (Å²) in [5.41, 5.74) is 1.28. The lowest BCUT2D eigenvalue weighted by molar-refractivity contribution is -0.166. The van der Waals surface area contributed by atoms with E-state index in [1.54, 1.807) is 12.1 Å². The highest BCUT2D eigenvalue weighted by molar-refractivity contribution is 5.89. The van der Waals surface area contributed by atoms with Crippen LogP contribution in [0.4, 0.5) is 10.5 Å². The first-order valence-corrected chi connectivity index (χ1v) is 7.42. The van der Waals surface area contributed by atoms with Crippen molar-refractivity contribution in [3.8, 4) is 6.07 Å². The lowest BCUT2D eigenvalue weighted by atomic mass is 9.97. The molecule has 1 saturated heterocycles. The summed E-state index contributed by atoms with van der Waals surface area (Å²) in [5, 5.41) is 19.2. The Morgan fingerprint density at radius 2 is 2.13 bits per heavy atom. The molecule has 0 aromatic heterocycles. The minimum Gasteiger partial charge on any atom is -0.442 e. The molecule has 7 heteroatoms. The summed E-state index contributed by atoms with van der Waals surface area (Å²) in [6.45, 7) is 1.43. The van der Waals surface area contributed by atoms with Crippen LogP contribution in [-0.4, -0.2) is 41.5 Å². The molecule has 1 N–H and O–H groups in total. The number of amides is 2. The average Bonchev–Trinajstić information content (AvgIpc) is 3.26. The van der Waals surface area contributed by atoms with Crippen molar-refractivity contribution in [2.45, 2.75) is 31.3 Å². The van der Waals surface area contributed by atoms with E-state index in [-0.39, 0.29) is 18.5 Å². The summed E-state index contributed by atoms with van der Waals surface area (Å²) in [6.07, 6.45) is 0.647. The second-order valence-corrected chi connectivity index (χ2v) is 5.96. The molecular formula is C16H17N3O4. The molecule has 0 bridgehead atoms. The maximum Gasteiger partial charge on any atom is 0.414 e. The first kappa shape index (κ1) is 15.3. The van der Waals surface area contributed by atoms with Crippen LogP contribution in [0.15, 0.2) is 24.3 Å². The third-order valence-electron chi connectivity index (χ3n) is 4.31. The first-order chi connectivity index (χ1) is 10.9. The Balaban J connectivity index is 1.69. The smallest absolute Gasteiger partial charge is 0.414 e. The maximum absolute atomic E-state index is 12.0. The van der Waals surface area contributed by atoms with Crippen molar-refractivity contribution < 1.29 is 19.5 Å². The van der Waals surface area contributed by atoms with Gasteiger partial charge in [0.15, 0.2) is 0 Å². The number of hydroxylamine groups is 2. The first-order valence-electron chi connectivity index (χ1n) is 7.42. The van der Waals surface area contributed by atoms with E-state index in [4.69, 9.17) is 4.74 Å². The van der Waals surface area contributed by atoms with Crippen LogP contribution >= 0.6 is 0 Å². The number of cyclic esters (lactones) is 1. The van der Waals surface area contributed by atoms with E-state index in [1.165, 1.54) is 11.8 Å². The molecule has 120 valence electrons. The molecule has 1 aliphatic heterocycles. The Kier molecular flexibility index (Phi) is 3.70. The third-order valence-corrected chi connectivity index (χ3v) is 4.31. The molecule has 7 nitrogen and oxygen atoms in total. The molecule has 3 rings (SSSR count). The summed E-state index contributed by atoms with van der Waals surface area (Å²) >= 11 is 0. The topological polar surface area (TPSA) is 93.9 Å². The fourth-order valence-corrected chi connectivity index (χ4v) is 2.70. The van der Waals surface area contributed by atoms with Gasteiger partial charge in [0.25, 0.3) is 0 Å². The largest absolute Gasteiger partial charge is 0.442 e. The Labute approximate surface area is 133 Å². The quantitative estimate of drug-likeness (QED) is 0.675. The van der Waals surface area contributed by atoms with Crippen LogP contribution in [0.2, 0.25) is 0 Å². The fourth-order valence-electron chi connectivity index (χ4n) is 2.70. The zero-order valence-electron chi connectivity index (χ0n) is 12.7. The van der Waals surface area contributed by atoms with Crippen LogP contribution in [0.3, 0.4) is 0 Å². The average molecular weight is 315 g/mol. The van der Waals surface area contributed by atoms with Crippen LogP contribution in [-0.2, 0) is 14.9 Å². The second-order valence-electron chi connectivity index (χ2n) is 5.96. The van der Waals surface area contributed by atoms with Crippen LogP contribution in [0.25, 0.3) is 0 Å². The SMILES string of the molecule is CC(=O)N(O)CC1CN(c2ccc(C3(C#N)CC3)cc2)C(=O)O1. The molecule has 0 spiro atoms. The Hall–Kier alpha value is -2.59. The number of rotatable bonds is 4. The Morgan fingerprint density at radius 1 is 1.48 bits per heavy atom. The van der Waals surface area contributed by atoms with Gasteiger partial charge >= 0.3 is 6.09 Å². The summed E-state index contributed by atoms with van der Waals surface area (Å²) < 4.78 is 5.16. The molecule has 23 heavy (non-hydrogen) atoms. The summed E-state index contributed by atoms with van der Waals surface area (Å²) in [4.78, 5) is 24.4. The van der Waals surface area contributed by atoms with Gasteiger partial charge in [0.2, 0.25) is 5.91 Å². The number of anilines is 1. The molecule has 1 saturated carbocycles. The number of hydrogen-bond acceptors (Lipinski definition) is 5. The highest BCUT2D eigenvalue weighted by Gasteiger charge is 2.45. The number of carbonyl (C=O) groups is 2. The number of nitrogens with zero attached hydrogens (tertiary/aromatic N) is 3. The van der Waals surface area contributed by atoms with Gasteiger partial charge in [-0.05, 0) is 30.5 Å². The molecule has 2 amide bonds. The van der Waals surface area contributed by atoms with Gasteiger partial charge in [-0.25, -0.2) is 9.86 Å². The lowest BCUT2D eigenvalue weighted by Gasteiger charge is -2.16. The van der Waals surface area contributed by atoms with Crippen molar-refractivity contribution in [2.75, 3.05) is 18.0 Å². The van der Waals surface area contributed by atoms with E-state index in [1.807, 2.05) is 12.1 Å². The minimum absolute atomic E-state index is 0.0623. The molecule has 1 aromatic carbocycles. The van der Waals surface area contributed by atoms with Crippen molar-refractivity contribution in [3.63, 3.8) is 0 Å². The fraction of sp³-hybridized carbons (Fsp3) is 0.438. The lowest BCUT2D eigenvalue weighted by Crippen LogP contribution is -2.35. The number of hydrogen-bond donors (Lipinski definition) is 1. The van der Waals surface area contributed by atoms with E-state index in [0.29, 0.717) is 10.8 Å². The van der Waals surface area contributed by atoms with Crippen molar-refractivity contribution in [1.29, 1.82) is 5.26 Å². The third kappa shape index (κ3) is 2.85. The predicted molar refractivity (Wildman–Crippen MR) is 79.8 cm³/mol. The number of benzene rings is 1. The van der Waals surface area contributed by atoms with Gasteiger partial charge in [-0.2, -0.15) is 5.26 Å². The Bertz CT molecular complexity index is 676. The van der Waals surface area contributed by atoms with Crippen molar-refractivity contribution in [1.82, 2.24) is 5.06 Å². The highest BCUT2D eigenvalue weighted by atomic mass is 16.6. The Morgan fingerprint density at radius 3 is 2.65 bits per heavy atom. The van der Waals surface area contributed by atoms with E-state index in [0.717, 1.165) is 18.4 Å². The van der Waals surface area contributed by atoms with Gasteiger partial charge in [0.1, 0.15) is 6.10 Å². The zero-order chi connectivity index (χ0) is 16.6. The second kappa shape index (κ2) is 5.56. The van der Waals surface area contributed by atoms with E-state index < -0.39 is 18.1 Å². The molecular weight excluding hydrogens is 298 g/mol. The minimum atomic E-state index is -0.579. The molecule has 0 radical (unpaired) electrons. The summed E-state index contributed by atoms with van der Waals surface area (Å²) in [6, 6.07) is 9.64. The van der Waals surface area contributed by atoms with Crippen molar-refractivity contribution in [2.24, 2.45) is 0 Å². The zero-order valence-corrected chi connectivity index (χ0v) is 12.7. The summed E-state index contributed by atoms with van der Waals surface area (Å²) in [7, 11) is 0. The monoisotopic (exact) mass is 315 g/mol. The van der Waals surface area contributed by atoms with E-state index in [2.05, 4.69) is 6.07 Å². The maximum atomic E-state index is 12.0. The molecule has 1 aliphatic carbocycles. The van der Waals surface area contributed by atoms with Crippen molar-refractivity contribution in [3.05, 3.63) is 29.8 Å². The standard InChI is InChI=1S/C16H17N3O4/c1-11(20)19(22)9-14-8-18(15(21)23-14)13-4-2-12(3-5-13)16(10-17)6-7-16/h2-5,14,22H,6-9H2,1H3. The molecule has 1 heterocycles. The molecule has 1 unspecified atom stereocenters. The number of nitriles is 1. The summed E-state index contributed by atoms with van der Waals surface area (Å²) in [5.74, 6) is -0.505. The molecule has 1 aromatic rings. The van der Waals surface area contributed by atoms with Gasteiger partial charge in [-0.3, -0.25) is 14.9 Å². The number of ether oxygens (including phenoxy) is 1. The van der Waals surface area contributed by atoms with Crippen LogP contribution in [0, 0.1) is 11.3 Å². The van der Waals surface area contributed by atoms with Gasteiger partial charge in [-0.1, -0.05) is 12.1 Å². The molecule has 2 fully saturated rings. The van der Waals surface area contributed by atoms with E-state index >= 15 is 0 Å². The van der Waals surface area contributed by atoms with Crippen LogP contribution < -0.4 is 4.90 Å². The van der Waals surface area contributed by atoms with Gasteiger partial charge in [0, 0.05) is 12.6 Å². The van der Waals surface area contributed by atoms with Crippen LogP contribution in [0.5, 0.6) is 0 Å². The molecule has 1 atom stereocenters.